The van der Waals surface area contributed by atoms with Crippen molar-refractivity contribution in [3.63, 3.8) is 0 Å². The molecule has 0 amide bonds. The van der Waals surface area contributed by atoms with Crippen molar-refractivity contribution in [1.82, 2.24) is 0 Å². The molecule has 27 heavy (non-hydrogen) atoms. The van der Waals surface area contributed by atoms with Gasteiger partial charge in [-0.15, -0.1) is 0 Å². The average Bonchev–Trinajstić information content (AvgIpc) is 3.61. The van der Waals surface area contributed by atoms with Crippen LogP contribution in [0.15, 0.2) is 65.1 Å². The van der Waals surface area contributed by atoms with E-state index in [1.165, 1.54) is 69.1 Å². The fraction of sp³-hybridized carbons (Fsp3) is 0.231. The number of rotatable bonds is 2. The number of fused-ring (bicyclic) bond motifs is 7. The van der Waals surface area contributed by atoms with Gasteiger partial charge in [0.2, 0.25) is 0 Å². The topological polar surface area (TPSA) is 13.1 Å². The lowest BCUT2D eigenvalue weighted by atomic mass is 9.96. The van der Waals surface area contributed by atoms with Crippen LogP contribution in [0.5, 0.6) is 0 Å². The Balaban J connectivity index is 1.59. The highest BCUT2D eigenvalue weighted by Gasteiger charge is 2.25. The molecule has 1 aromatic heterocycles. The van der Waals surface area contributed by atoms with Gasteiger partial charge in [0.15, 0.2) is 0 Å². The Morgan fingerprint density at radius 2 is 1.04 bits per heavy atom. The zero-order valence-corrected chi connectivity index (χ0v) is 15.2. The van der Waals surface area contributed by atoms with E-state index in [4.69, 9.17) is 4.42 Å². The molecule has 0 N–H and O–H groups in total. The molecular weight excluding hydrogens is 328 g/mol. The zero-order chi connectivity index (χ0) is 17.5. The Kier molecular flexibility index (Phi) is 2.60. The van der Waals surface area contributed by atoms with Crippen LogP contribution in [0.2, 0.25) is 0 Å². The summed E-state index contributed by atoms with van der Waals surface area (Å²) >= 11 is 0. The van der Waals surface area contributed by atoms with Crippen LogP contribution < -0.4 is 0 Å². The third kappa shape index (κ3) is 2.06. The van der Waals surface area contributed by atoms with E-state index in [0.29, 0.717) is 0 Å². The second kappa shape index (κ2) is 4.92. The van der Waals surface area contributed by atoms with Crippen LogP contribution in [0.3, 0.4) is 0 Å². The van der Waals surface area contributed by atoms with Crippen LogP contribution >= 0.6 is 0 Å². The number of furan rings is 1. The van der Waals surface area contributed by atoms with Crippen LogP contribution in [0.25, 0.3) is 43.5 Å². The molecule has 130 valence electrons. The molecule has 0 atom stereocenters. The Morgan fingerprint density at radius 1 is 0.556 bits per heavy atom. The molecule has 0 spiro atoms. The highest BCUT2D eigenvalue weighted by Crippen LogP contribution is 2.45. The molecule has 0 unspecified atom stereocenters. The Labute approximate surface area is 157 Å². The molecule has 2 saturated carbocycles. The van der Waals surface area contributed by atoms with Crippen molar-refractivity contribution in [3.05, 3.63) is 71.8 Å². The van der Waals surface area contributed by atoms with E-state index >= 15 is 0 Å². The van der Waals surface area contributed by atoms with Gasteiger partial charge in [0, 0.05) is 10.8 Å². The van der Waals surface area contributed by atoms with E-state index < -0.39 is 0 Å². The predicted octanol–water partition coefficient (Wildman–Crippen LogP) is 7.65. The molecule has 0 bridgehead atoms. The van der Waals surface area contributed by atoms with Crippen molar-refractivity contribution in [3.8, 4) is 0 Å². The molecule has 1 nitrogen and oxygen atoms in total. The molecule has 7 rings (SSSR count). The summed E-state index contributed by atoms with van der Waals surface area (Å²) in [5.41, 5.74) is 4.98. The highest BCUT2D eigenvalue weighted by molar-refractivity contribution is 6.26. The fourth-order valence-electron chi connectivity index (χ4n) is 4.80. The summed E-state index contributed by atoms with van der Waals surface area (Å²) in [6, 6.07) is 22.8. The summed E-state index contributed by atoms with van der Waals surface area (Å²) in [7, 11) is 0. The lowest BCUT2D eigenvalue weighted by molar-refractivity contribution is 0.669. The van der Waals surface area contributed by atoms with Gasteiger partial charge in [0.05, 0.1) is 0 Å². The van der Waals surface area contributed by atoms with Gasteiger partial charge in [-0.2, -0.15) is 0 Å². The normalized spacial score (nSPS) is 17.5. The average molecular weight is 348 g/mol. The third-order valence-corrected chi connectivity index (χ3v) is 6.58. The SMILES string of the molecule is c1cc2c(ccc3oc4ccc5cc(C6CC6)ccc5c4c32)cc1C1CC1. The van der Waals surface area contributed by atoms with Crippen LogP contribution in [0.4, 0.5) is 0 Å². The molecule has 2 aliphatic rings. The fourth-order valence-corrected chi connectivity index (χ4v) is 4.80. The third-order valence-electron chi connectivity index (χ3n) is 6.58. The van der Waals surface area contributed by atoms with E-state index in [1.807, 2.05) is 0 Å². The van der Waals surface area contributed by atoms with Crippen molar-refractivity contribution in [2.45, 2.75) is 37.5 Å². The van der Waals surface area contributed by atoms with Crippen molar-refractivity contribution < 1.29 is 4.42 Å². The molecule has 2 aliphatic carbocycles. The van der Waals surface area contributed by atoms with E-state index in [2.05, 4.69) is 60.7 Å². The smallest absolute Gasteiger partial charge is 0.136 e. The monoisotopic (exact) mass is 348 g/mol. The maximum atomic E-state index is 6.25. The van der Waals surface area contributed by atoms with Gasteiger partial charge in [-0.1, -0.05) is 48.5 Å². The number of benzene rings is 4. The van der Waals surface area contributed by atoms with E-state index in [1.54, 1.807) is 0 Å². The van der Waals surface area contributed by atoms with Gasteiger partial charge >= 0.3 is 0 Å². The van der Waals surface area contributed by atoms with E-state index in [0.717, 1.165) is 23.0 Å². The van der Waals surface area contributed by atoms with E-state index in [-0.39, 0.29) is 0 Å². The lowest BCUT2D eigenvalue weighted by Crippen LogP contribution is -1.83. The lowest BCUT2D eigenvalue weighted by Gasteiger charge is -2.06. The quantitative estimate of drug-likeness (QED) is 0.319. The summed E-state index contributed by atoms with van der Waals surface area (Å²) in [4.78, 5) is 0. The van der Waals surface area contributed by atoms with Gasteiger partial charge in [-0.05, 0) is 82.3 Å². The van der Waals surface area contributed by atoms with Crippen molar-refractivity contribution in [1.29, 1.82) is 0 Å². The molecule has 0 saturated heterocycles. The van der Waals surface area contributed by atoms with Gasteiger partial charge < -0.3 is 4.42 Å². The molecular formula is C26H20O. The first-order valence-electron chi connectivity index (χ1n) is 10.2. The van der Waals surface area contributed by atoms with Crippen molar-refractivity contribution in [2.24, 2.45) is 0 Å². The maximum absolute atomic E-state index is 6.25. The first kappa shape index (κ1) is 14.3. The maximum Gasteiger partial charge on any atom is 0.136 e. The minimum Gasteiger partial charge on any atom is -0.456 e. The van der Waals surface area contributed by atoms with Crippen LogP contribution in [-0.2, 0) is 0 Å². The summed E-state index contributed by atoms with van der Waals surface area (Å²) in [6.45, 7) is 0. The van der Waals surface area contributed by atoms with Crippen LogP contribution in [-0.4, -0.2) is 0 Å². The minimum atomic E-state index is 0.785. The molecule has 1 heteroatoms. The molecule has 0 radical (unpaired) electrons. The summed E-state index contributed by atoms with van der Waals surface area (Å²) < 4.78 is 6.25. The van der Waals surface area contributed by atoms with Gasteiger partial charge in [-0.3, -0.25) is 0 Å². The molecule has 1 heterocycles. The Morgan fingerprint density at radius 3 is 1.48 bits per heavy atom. The molecule has 0 aliphatic heterocycles. The zero-order valence-electron chi connectivity index (χ0n) is 15.2. The Bertz CT molecular complexity index is 1270. The second-order valence-electron chi connectivity index (χ2n) is 8.49. The van der Waals surface area contributed by atoms with Crippen LogP contribution in [0, 0.1) is 0 Å². The van der Waals surface area contributed by atoms with E-state index in [9.17, 15) is 0 Å². The second-order valence-corrected chi connectivity index (χ2v) is 8.49. The first-order valence-corrected chi connectivity index (χ1v) is 10.2. The summed E-state index contributed by atoms with van der Waals surface area (Å²) in [5, 5.41) is 7.84. The highest BCUT2D eigenvalue weighted by atomic mass is 16.3. The molecule has 5 aromatic rings. The molecule has 4 aromatic carbocycles. The van der Waals surface area contributed by atoms with Crippen molar-refractivity contribution >= 4 is 43.5 Å². The predicted molar refractivity (Wildman–Crippen MR) is 113 cm³/mol. The number of hydrogen-bond acceptors (Lipinski definition) is 1. The van der Waals surface area contributed by atoms with Crippen molar-refractivity contribution in [2.75, 3.05) is 0 Å². The minimum absolute atomic E-state index is 0.785. The first-order chi connectivity index (χ1) is 13.3. The summed E-state index contributed by atoms with van der Waals surface area (Å²) in [6.07, 6.45) is 5.37. The van der Waals surface area contributed by atoms with Gasteiger partial charge in [0.25, 0.3) is 0 Å². The standard InChI is InChI=1S/C26H20O/c1-2-15(1)17-5-9-21-19(13-17)7-11-23-25(21)26-22-10-6-18(16-3-4-16)14-20(22)8-12-24(26)27-23/h5-16H,1-4H2. The summed E-state index contributed by atoms with van der Waals surface area (Å²) in [5.74, 6) is 1.57. The molecule has 2 fully saturated rings. The van der Waals surface area contributed by atoms with Gasteiger partial charge in [0.1, 0.15) is 11.2 Å². The Hall–Kier alpha value is -2.80. The largest absolute Gasteiger partial charge is 0.456 e. The van der Waals surface area contributed by atoms with Gasteiger partial charge in [-0.25, -0.2) is 0 Å². The number of hydrogen-bond donors (Lipinski definition) is 0. The van der Waals surface area contributed by atoms with Crippen LogP contribution in [0.1, 0.15) is 48.6 Å².